The van der Waals surface area contributed by atoms with E-state index in [-0.39, 0.29) is 34.7 Å². The van der Waals surface area contributed by atoms with Crippen LogP contribution in [0.15, 0.2) is 6.07 Å². The highest BCUT2D eigenvalue weighted by molar-refractivity contribution is 9.25. The van der Waals surface area contributed by atoms with E-state index in [9.17, 15) is 14.0 Å². The van der Waals surface area contributed by atoms with Crippen molar-refractivity contribution in [3.05, 3.63) is 23.0 Å². The highest BCUT2D eigenvalue weighted by Crippen LogP contribution is 2.71. The minimum Gasteiger partial charge on any atom is -0.492 e. The summed E-state index contributed by atoms with van der Waals surface area (Å²) in [7, 11) is 1.23. The highest BCUT2D eigenvalue weighted by Gasteiger charge is 2.66. The van der Waals surface area contributed by atoms with E-state index in [1.807, 2.05) is 0 Å². The zero-order valence-electron chi connectivity index (χ0n) is 14.2. The van der Waals surface area contributed by atoms with Gasteiger partial charge in [0.2, 0.25) is 5.91 Å². The Morgan fingerprint density at radius 3 is 2.60 bits per heavy atom. The lowest BCUT2D eigenvalue weighted by molar-refractivity contribution is -0.123. The minimum absolute atomic E-state index is 0.0395. The molecule has 1 amide bonds. The number of amides is 1. The van der Waals surface area contributed by atoms with Gasteiger partial charge >= 0.3 is 5.97 Å². The van der Waals surface area contributed by atoms with Crippen LogP contribution in [0, 0.1) is 17.2 Å². The number of hydrogen-bond donors (Lipinski definition) is 1. The Kier molecular flexibility index (Phi) is 4.43. The molecule has 1 aromatic rings. The number of anilines is 1. The lowest BCUT2D eigenvalue weighted by Gasteiger charge is -2.24. The number of carbonyl (C=O) groups excluding carboxylic acids is 2. The normalized spacial score (nSPS) is 23.0. The largest absolute Gasteiger partial charge is 0.492 e. The molecule has 1 aromatic carbocycles. The maximum absolute atomic E-state index is 14.8. The zero-order valence-corrected chi connectivity index (χ0v) is 17.4. The van der Waals surface area contributed by atoms with Crippen LogP contribution in [0.25, 0.3) is 0 Å². The number of carbonyl (C=O) groups is 2. The molecule has 0 aromatic heterocycles. The molecule has 136 valence electrons. The molecule has 8 heteroatoms. The van der Waals surface area contributed by atoms with Crippen molar-refractivity contribution in [2.75, 3.05) is 19.0 Å². The Bertz CT molecular complexity index is 773. The van der Waals surface area contributed by atoms with Crippen LogP contribution >= 0.6 is 31.9 Å². The molecule has 1 saturated carbocycles. The molecule has 2 aliphatic rings. The van der Waals surface area contributed by atoms with Gasteiger partial charge in [0, 0.05) is 22.8 Å². The van der Waals surface area contributed by atoms with Crippen LogP contribution in [0.5, 0.6) is 5.75 Å². The SMILES string of the molecule is COC(=O)c1c(NC(=O)C(C)(C)C)cc(F)c2c1OCC1C2C1(Br)Br. The zero-order chi connectivity index (χ0) is 18.7. The van der Waals surface area contributed by atoms with Gasteiger partial charge in [0.05, 0.1) is 22.6 Å². The first-order valence-electron chi connectivity index (χ1n) is 7.77. The van der Waals surface area contributed by atoms with Gasteiger partial charge in [0.1, 0.15) is 17.1 Å². The third-order valence-corrected chi connectivity index (χ3v) is 6.67. The topological polar surface area (TPSA) is 64.6 Å². The van der Waals surface area contributed by atoms with Gasteiger partial charge in [-0.1, -0.05) is 52.6 Å². The third kappa shape index (κ3) is 2.97. The van der Waals surface area contributed by atoms with Crippen molar-refractivity contribution < 1.29 is 23.5 Å². The summed E-state index contributed by atoms with van der Waals surface area (Å²) < 4.78 is 24.9. The maximum Gasteiger partial charge on any atom is 0.343 e. The highest BCUT2D eigenvalue weighted by atomic mass is 79.9. The molecule has 1 N–H and O–H groups in total. The summed E-state index contributed by atoms with van der Waals surface area (Å²) in [6.07, 6.45) is 0. The number of fused-ring (bicyclic) bond motifs is 3. The Balaban J connectivity index is 2.13. The molecule has 1 aliphatic carbocycles. The summed E-state index contributed by atoms with van der Waals surface area (Å²) in [5, 5.41) is 2.62. The van der Waals surface area contributed by atoms with E-state index in [4.69, 9.17) is 9.47 Å². The van der Waals surface area contributed by atoms with Gasteiger partial charge in [-0.15, -0.1) is 0 Å². The Morgan fingerprint density at radius 2 is 2.04 bits per heavy atom. The van der Waals surface area contributed by atoms with Crippen molar-refractivity contribution in [3.63, 3.8) is 0 Å². The second-order valence-electron chi connectivity index (χ2n) is 7.29. The molecular formula is C17H18Br2FNO4. The van der Waals surface area contributed by atoms with Crippen LogP contribution in [0.2, 0.25) is 0 Å². The monoisotopic (exact) mass is 477 g/mol. The molecule has 5 nitrogen and oxygen atoms in total. The number of methoxy groups -OCH3 is 1. The van der Waals surface area contributed by atoms with E-state index in [0.29, 0.717) is 12.2 Å². The van der Waals surface area contributed by atoms with Gasteiger partial charge in [0.15, 0.2) is 0 Å². The molecular weight excluding hydrogens is 461 g/mol. The van der Waals surface area contributed by atoms with E-state index in [1.54, 1.807) is 20.8 Å². The van der Waals surface area contributed by atoms with E-state index in [0.717, 1.165) is 6.07 Å². The number of alkyl halides is 2. The number of esters is 1. The molecule has 1 fully saturated rings. The van der Waals surface area contributed by atoms with Crippen LogP contribution in [0.1, 0.15) is 42.6 Å². The minimum atomic E-state index is -0.705. The first-order valence-corrected chi connectivity index (χ1v) is 9.35. The first-order chi connectivity index (χ1) is 11.5. The fourth-order valence-electron chi connectivity index (χ4n) is 2.96. The maximum atomic E-state index is 14.8. The number of hydrogen-bond acceptors (Lipinski definition) is 4. The average Bonchev–Trinajstić information content (AvgIpc) is 3.07. The predicted molar refractivity (Wildman–Crippen MR) is 98.1 cm³/mol. The van der Waals surface area contributed by atoms with Gasteiger partial charge in [-0.25, -0.2) is 9.18 Å². The van der Waals surface area contributed by atoms with Crippen LogP contribution in [0.3, 0.4) is 0 Å². The molecule has 1 aliphatic heterocycles. The van der Waals surface area contributed by atoms with E-state index in [2.05, 4.69) is 37.2 Å². The lowest BCUT2D eigenvalue weighted by Crippen LogP contribution is -2.29. The molecule has 0 saturated heterocycles. The summed E-state index contributed by atoms with van der Waals surface area (Å²) in [5.74, 6) is -1.51. The fraction of sp³-hybridized carbons (Fsp3) is 0.529. The molecule has 2 unspecified atom stereocenters. The molecule has 1 heterocycles. The molecule has 2 atom stereocenters. The number of ether oxygens (including phenoxy) is 2. The number of benzene rings is 1. The van der Waals surface area contributed by atoms with Crippen molar-refractivity contribution in [1.82, 2.24) is 0 Å². The van der Waals surface area contributed by atoms with Crippen LogP contribution in [0.4, 0.5) is 10.1 Å². The van der Waals surface area contributed by atoms with Gasteiger partial charge in [0.25, 0.3) is 0 Å². The number of nitrogens with one attached hydrogen (secondary N) is 1. The summed E-state index contributed by atoms with van der Waals surface area (Å²) in [5.41, 5.74) is -0.294. The second-order valence-corrected chi connectivity index (χ2v) is 11.0. The van der Waals surface area contributed by atoms with Crippen LogP contribution in [-0.2, 0) is 9.53 Å². The van der Waals surface area contributed by atoms with E-state index in [1.165, 1.54) is 7.11 Å². The van der Waals surface area contributed by atoms with Gasteiger partial charge in [-0.05, 0) is 6.07 Å². The predicted octanol–water partition coefficient (Wildman–Crippen LogP) is 4.19. The lowest BCUT2D eigenvalue weighted by atomic mass is 9.94. The summed E-state index contributed by atoms with van der Waals surface area (Å²) in [6, 6.07) is 1.16. The van der Waals surface area contributed by atoms with Crippen LogP contribution in [-0.4, -0.2) is 28.8 Å². The van der Waals surface area contributed by atoms with Gasteiger partial charge in [-0.3, -0.25) is 4.79 Å². The Labute approximate surface area is 161 Å². The van der Waals surface area contributed by atoms with Crippen molar-refractivity contribution in [3.8, 4) is 5.75 Å². The Morgan fingerprint density at radius 1 is 1.40 bits per heavy atom. The summed E-state index contributed by atoms with van der Waals surface area (Å²) >= 11 is 7.06. The molecule has 25 heavy (non-hydrogen) atoms. The molecule has 0 bridgehead atoms. The molecule has 0 radical (unpaired) electrons. The quantitative estimate of drug-likeness (QED) is 0.511. The van der Waals surface area contributed by atoms with E-state index < -0.39 is 20.4 Å². The summed E-state index contributed by atoms with van der Waals surface area (Å²) in [6.45, 7) is 5.51. The number of halogens is 3. The smallest absolute Gasteiger partial charge is 0.343 e. The van der Waals surface area contributed by atoms with E-state index >= 15 is 0 Å². The van der Waals surface area contributed by atoms with Gasteiger partial charge in [-0.2, -0.15) is 0 Å². The number of rotatable bonds is 2. The molecule has 0 spiro atoms. The average molecular weight is 479 g/mol. The molecule has 3 rings (SSSR count). The fourth-order valence-corrected chi connectivity index (χ4v) is 4.58. The second kappa shape index (κ2) is 5.94. The van der Waals surface area contributed by atoms with Gasteiger partial charge < -0.3 is 14.8 Å². The van der Waals surface area contributed by atoms with Crippen molar-refractivity contribution in [2.24, 2.45) is 11.3 Å². The van der Waals surface area contributed by atoms with Crippen molar-refractivity contribution in [1.29, 1.82) is 0 Å². The van der Waals surface area contributed by atoms with Crippen LogP contribution < -0.4 is 10.1 Å². The standard InChI is InChI=1S/C17H18Br2FNO4/c1-16(2,3)15(23)21-9-5-8(20)10-12-7(17(12,18)19)6-25-13(10)11(9)14(22)24-4/h5,7,12H,6H2,1-4H3,(H,21,23). The van der Waals surface area contributed by atoms with Crippen molar-refractivity contribution >= 4 is 49.4 Å². The Hall–Kier alpha value is -1.15. The first kappa shape index (κ1) is 18.6. The van der Waals surface area contributed by atoms with Crippen molar-refractivity contribution in [2.45, 2.75) is 29.9 Å². The third-order valence-electron chi connectivity index (χ3n) is 4.51. The summed E-state index contributed by atoms with van der Waals surface area (Å²) in [4.78, 5) is 24.6.